The molecule has 0 unspecified atom stereocenters. The van der Waals surface area contributed by atoms with E-state index in [1.165, 1.54) is 48.1 Å². The van der Waals surface area contributed by atoms with E-state index in [0.717, 1.165) is 35.2 Å². The summed E-state index contributed by atoms with van der Waals surface area (Å²) in [5, 5.41) is 1.12. The number of methoxy groups -OCH3 is 1. The molecule has 2 aromatic carbocycles. The maximum absolute atomic E-state index is 13.3. The van der Waals surface area contributed by atoms with Gasteiger partial charge in [-0.25, -0.2) is 4.98 Å². The Bertz CT molecular complexity index is 1650. The van der Waals surface area contributed by atoms with Gasteiger partial charge in [0.05, 0.1) is 17.5 Å². The number of aryl methyl sites for hydroxylation is 1. The zero-order valence-electron chi connectivity index (χ0n) is 25.6. The number of aromatic nitrogens is 2. The Balaban J connectivity index is 1.14. The van der Waals surface area contributed by atoms with E-state index >= 15 is 0 Å². The summed E-state index contributed by atoms with van der Waals surface area (Å²) in [4.78, 5) is 23.2. The van der Waals surface area contributed by atoms with Gasteiger partial charge in [0.25, 0.3) is 5.56 Å². The Morgan fingerprint density at radius 2 is 1.77 bits per heavy atom. The van der Waals surface area contributed by atoms with Crippen molar-refractivity contribution in [3.63, 3.8) is 0 Å². The molecule has 2 aliphatic rings. The number of ether oxygens (including phenoxy) is 3. The second-order valence-electron chi connectivity index (χ2n) is 13.0. The van der Waals surface area contributed by atoms with Crippen LogP contribution in [0.25, 0.3) is 21.6 Å². The zero-order valence-corrected chi connectivity index (χ0v) is 27.1. The summed E-state index contributed by atoms with van der Waals surface area (Å²) in [7, 11) is 1.57. The molecule has 8 heteroatoms. The number of hydrogen-bond acceptors (Lipinski definition) is 6. The van der Waals surface area contributed by atoms with E-state index < -0.39 is 0 Å². The number of fused-ring (bicyclic) bond motifs is 3. The third kappa shape index (κ3) is 6.44. The fourth-order valence-electron chi connectivity index (χ4n) is 6.63. The number of rotatable bonds is 8. The van der Waals surface area contributed by atoms with Gasteiger partial charge < -0.3 is 19.2 Å². The van der Waals surface area contributed by atoms with E-state index in [-0.39, 0.29) is 11.0 Å². The predicted octanol–water partition coefficient (Wildman–Crippen LogP) is 8.97. The minimum Gasteiger partial charge on any atom is -0.493 e. The molecule has 43 heavy (non-hydrogen) atoms. The molecule has 0 amide bonds. The Labute approximate surface area is 262 Å². The van der Waals surface area contributed by atoms with Crippen molar-refractivity contribution in [1.82, 2.24) is 9.97 Å². The lowest BCUT2D eigenvalue weighted by molar-refractivity contribution is 0.211. The average molecular weight is 621 g/mol. The molecule has 6 rings (SSSR count). The Hall–Kier alpha value is -3.03. The zero-order chi connectivity index (χ0) is 30.1. The van der Waals surface area contributed by atoms with E-state index in [9.17, 15) is 4.79 Å². The van der Waals surface area contributed by atoms with Crippen LogP contribution in [0.1, 0.15) is 81.2 Å². The maximum atomic E-state index is 13.3. The first kappa shape index (κ1) is 30.0. The van der Waals surface area contributed by atoms with Gasteiger partial charge in [-0.15, -0.1) is 11.3 Å². The fourth-order valence-corrected chi connectivity index (χ4v) is 8.20. The average Bonchev–Trinajstić information content (AvgIpc) is 3.38. The molecule has 6 nitrogen and oxygen atoms in total. The number of H-pyrrole nitrogens is 1. The molecular formula is C35H41ClN2O4S. The first-order valence-electron chi connectivity index (χ1n) is 15.5. The van der Waals surface area contributed by atoms with Crippen LogP contribution >= 0.6 is 22.9 Å². The van der Waals surface area contributed by atoms with Crippen molar-refractivity contribution >= 4 is 33.2 Å². The van der Waals surface area contributed by atoms with Crippen LogP contribution in [0.5, 0.6) is 17.2 Å². The van der Waals surface area contributed by atoms with Gasteiger partial charge in [-0.1, -0.05) is 63.8 Å². The highest BCUT2D eigenvalue weighted by molar-refractivity contribution is 7.18. The molecule has 0 spiro atoms. The minimum absolute atomic E-state index is 0.106. The molecule has 0 bridgehead atoms. The normalized spacial score (nSPS) is 17.6. The lowest BCUT2D eigenvalue weighted by Crippen LogP contribution is -2.26. The monoisotopic (exact) mass is 620 g/mol. The van der Waals surface area contributed by atoms with Crippen LogP contribution in [0.3, 0.4) is 0 Å². The summed E-state index contributed by atoms with van der Waals surface area (Å²) < 4.78 is 17.6. The number of benzene rings is 2. The first-order chi connectivity index (χ1) is 20.7. The lowest BCUT2D eigenvalue weighted by atomic mass is 9.72. The molecule has 2 heterocycles. The van der Waals surface area contributed by atoms with Crippen molar-refractivity contribution in [1.29, 1.82) is 0 Å². The third-order valence-corrected chi connectivity index (χ3v) is 10.6. The van der Waals surface area contributed by atoms with Gasteiger partial charge in [0, 0.05) is 10.4 Å². The number of aromatic amines is 1. The fraction of sp³-hybridized carbons (Fsp3) is 0.486. The van der Waals surface area contributed by atoms with Crippen molar-refractivity contribution < 1.29 is 14.2 Å². The van der Waals surface area contributed by atoms with Crippen LogP contribution in [0.2, 0.25) is 5.02 Å². The molecular weight excluding hydrogens is 580 g/mol. The number of halogens is 1. The van der Waals surface area contributed by atoms with Gasteiger partial charge in [0.15, 0.2) is 11.5 Å². The smallest absolute Gasteiger partial charge is 0.260 e. The molecule has 2 aliphatic carbocycles. The number of thiophene rings is 1. The van der Waals surface area contributed by atoms with Crippen LogP contribution in [0.15, 0.2) is 41.2 Å². The summed E-state index contributed by atoms with van der Waals surface area (Å²) in [6, 6.07) is 12.0. The molecule has 1 saturated carbocycles. The van der Waals surface area contributed by atoms with Gasteiger partial charge in [-0.05, 0) is 84.7 Å². The minimum atomic E-state index is -0.106. The standard InChI is InChI=1S/C35H41ClN2O4S/c1-35(2,3)24-12-15-26-29(20-24)43-34-30(26)33(39)37-32(38-34)23-18-27(36)31(28(19-23)40-4)42-17-16-41-25-13-10-22(11-14-25)21-8-6-5-7-9-21/h10-11,13-14,18-19,21,24H,5-9,12,15-17,20H2,1-4H3,(H,37,38,39)/t24-/m0/s1. The van der Waals surface area contributed by atoms with Gasteiger partial charge in [-0.2, -0.15) is 0 Å². The van der Waals surface area contributed by atoms with Crippen LogP contribution in [0, 0.1) is 11.3 Å². The van der Waals surface area contributed by atoms with Crippen LogP contribution in [0.4, 0.5) is 0 Å². The molecule has 1 atom stereocenters. The molecule has 1 fully saturated rings. The summed E-state index contributed by atoms with van der Waals surface area (Å²) >= 11 is 8.33. The van der Waals surface area contributed by atoms with Crippen LogP contribution in [-0.4, -0.2) is 30.3 Å². The molecule has 0 saturated heterocycles. The largest absolute Gasteiger partial charge is 0.493 e. The second-order valence-corrected chi connectivity index (χ2v) is 14.5. The number of nitrogens with zero attached hydrogens (tertiary/aromatic N) is 1. The van der Waals surface area contributed by atoms with Crippen molar-refractivity contribution in [2.24, 2.45) is 11.3 Å². The topological polar surface area (TPSA) is 73.4 Å². The molecule has 228 valence electrons. The highest BCUT2D eigenvalue weighted by atomic mass is 35.5. The van der Waals surface area contributed by atoms with E-state index in [2.05, 4.69) is 37.9 Å². The third-order valence-electron chi connectivity index (χ3n) is 9.20. The molecule has 4 aromatic rings. The van der Waals surface area contributed by atoms with Crippen molar-refractivity contribution in [2.75, 3.05) is 20.3 Å². The van der Waals surface area contributed by atoms with Crippen LogP contribution < -0.4 is 19.8 Å². The highest BCUT2D eigenvalue weighted by Gasteiger charge is 2.32. The molecule has 2 aromatic heterocycles. The van der Waals surface area contributed by atoms with Gasteiger partial charge in [0.1, 0.15) is 29.6 Å². The van der Waals surface area contributed by atoms with Crippen molar-refractivity contribution in [3.8, 4) is 28.6 Å². The molecule has 1 N–H and O–H groups in total. The Morgan fingerprint density at radius 1 is 1.02 bits per heavy atom. The van der Waals surface area contributed by atoms with E-state index in [0.29, 0.717) is 53.0 Å². The van der Waals surface area contributed by atoms with E-state index in [4.69, 9.17) is 30.8 Å². The predicted molar refractivity (Wildman–Crippen MR) is 175 cm³/mol. The van der Waals surface area contributed by atoms with E-state index in [1.54, 1.807) is 30.6 Å². The second kappa shape index (κ2) is 12.5. The SMILES string of the molecule is COc1cc(-c2nc3sc4c(c3c(=O)[nH]2)CC[C@H](C(C)(C)C)C4)cc(Cl)c1OCCOc1ccc(C2CCCCC2)cc1. The first-order valence-corrected chi connectivity index (χ1v) is 16.7. The summed E-state index contributed by atoms with van der Waals surface area (Å²) in [5.74, 6) is 3.48. The van der Waals surface area contributed by atoms with Crippen molar-refractivity contribution in [3.05, 3.63) is 67.8 Å². The van der Waals surface area contributed by atoms with Gasteiger partial charge >= 0.3 is 0 Å². The Kier molecular flexibility index (Phi) is 8.74. The highest BCUT2D eigenvalue weighted by Crippen LogP contribution is 2.43. The lowest BCUT2D eigenvalue weighted by Gasteiger charge is -2.33. The summed E-state index contributed by atoms with van der Waals surface area (Å²) in [6.07, 6.45) is 9.58. The summed E-state index contributed by atoms with van der Waals surface area (Å²) in [6.45, 7) is 7.57. The molecule has 0 aliphatic heterocycles. The molecule has 0 radical (unpaired) electrons. The van der Waals surface area contributed by atoms with Gasteiger partial charge in [-0.3, -0.25) is 4.79 Å². The Morgan fingerprint density at radius 3 is 2.49 bits per heavy atom. The van der Waals surface area contributed by atoms with Crippen molar-refractivity contribution in [2.45, 2.75) is 78.1 Å². The number of hydrogen-bond donors (Lipinski definition) is 1. The number of nitrogens with one attached hydrogen (secondary N) is 1. The van der Waals surface area contributed by atoms with Gasteiger partial charge in [0.2, 0.25) is 0 Å². The van der Waals surface area contributed by atoms with Crippen LogP contribution in [-0.2, 0) is 12.8 Å². The summed E-state index contributed by atoms with van der Waals surface area (Å²) in [5.41, 5.74) is 3.37. The quantitative estimate of drug-likeness (QED) is 0.199. The maximum Gasteiger partial charge on any atom is 0.260 e. The van der Waals surface area contributed by atoms with E-state index in [1.807, 2.05) is 12.1 Å².